The van der Waals surface area contributed by atoms with E-state index in [0.29, 0.717) is 6.04 Å². The molecule has 2 bridgehead atoms. The first-order valence-electron chi connectivity index (χ1n) is 6.72. The van der Waals surface area contributed by atoms with E-state index in [1.165, 1.54) is 32.1 Å². The van der Waals surface area contributed by atoms with E-state index >= 15 is 0 Å². The second kappa shape index (κ2) is 3.73. The number of hydrogen-bond acceptors (Lipinski definition) is 2. The van der Waals surface area contributed by atoms with Crippen LogP contribution in [0.3, 0.4) is 0 Å². The topological polar surface area (TPSA) is 55.1 Å². The predicted molar refractivity (Wildman–Crippen MR) is 62.6 cm³/mol. The van der Waals surface area contributed by atoms with E-state index in [2.05, 4.69) is 5.32 Å². The van der Waals surface area contributed by atoms with Crippen LogP contribution in [0.15, 0.2) is 0 Å². The Balaban J connectivity index is 1.66. The number of carbonyl (C=O) groups excluding carboxylic acids is 1. The summed E-state index contributed by atoms with van der Waals surface area (Å²) < 4.78 is 0. The van der Waals surface area contributed by atoms with Gasteiger partial charge in [0.2, 0.25) is 5.91 Å². The molecule has 3 N–H and O–H groups in total. The molecule has 0 saturated heterocycles. The minimum atomic E-state index is -0.217. The molecule has 0 spiro atoms. The molecule has 0 aromatic carbocycles. The number of carbonyl (C=O) groups is 1. The number of rotatable bonds is 3. The van der Waals surface area contributed by atoms with E-state index < -0.39 is 0 Å². The fourth-order valence-corrected chi connectivity index (χ4v) is 4.66. The van der Waals surface area contributed by atoms with E-state index in [4.69, 9.17) is 5.73 Å². The zero-order valence-corrected chi connectivity index (χ0v) is 9.99. The van der Waals surface area contributed by atoms with Crippen LogP contribution in [-0.4, -0.2) is 18.0 Å². The Hall–Kier alpha value is -0.570. The average Bonchev–Trinajstić information content (AvgIpc) is 2.87. The van der Waals surface area contributed by atoms with Crippen molar-refractivity contribution in [1.29, 1.82) is 0 Å². The molecular weight excluding hydrogens is 200 g/mol. The van der Waals surface area contributed by atoms with Gasteiger partial charge in [0.15, 0.2) is 0 Å². The second-order valence-corrected chi connectivity index (χ2v) is 6.05. The number of hydrogen-bond donors (Lipinski definition) is 2. The maximum absolute atomic E-state index is 11.1. The molecule has 0 radical (unpaired) electrons. The highest BCUT2D eigenvalue weighted by atomic mass is 16.1. The molecule has 16 heavy (non-hydrogen) atoms. The van der Waals surface area contributed by atoms with Crippen LogP contribution in [-0.2, 0) is 4.79 Å². The van der Waals surface area contributed by atoms with Crippen molar-refractivity contribution in [3.8, 4) is 0 Å². The molecular formula is C13H22N2O. The zero-order chi connectivity index (χ0) is 11.3. The summed E-state index contributed by atoms with van der Waals surface area (Å²) in [6, 6.07) is 0.399. The van der Waals surface area contributed by atoms with Crippen molar-refractivity contribution in [2.24, 2.45) is 29.4 Å². The van der Waals surface area contributed by atoms with Gasteiger partial charge in [-0.05, 0) is 56.3 Å². The highest BCUT2D eigenvalue weighted by molar-refractivity contribution is 5.79. The van der Waals surface area contributed by atoms with E-state index in [1.54, 1.807) is 0 Å². The molecule has 3 heteroatoms. The van der Waals surface area contributed by atoms with Crippen molar-refractivity contribution in [3.05, 3.63) is 0 Å². The van der Waals surface area contributed by atoms with Gasteiger partial charge in [-0.3, -0.25) is 4.79 Å². The van der Waals surface area contributed by atoms with Gasteiger partial charge in [0, 0.05) is 6.04 Å². The summed E-state index contributed by atoms with van der Waals surface area (Å²) in [5.41, 5.74) is 5.32. The number of fused-ring (bicyclic) bond motifs is 5. The van der Waals surface area contributed by atoms with Crippen LogP contribution in [0.25, 0.3) is 0 Å². The van der Waals surface area contributed by atoms with Crippen LogP contribution in [0.2, 0.25) is 0 Å². The maximum atomic E-state index is 11.1. The molecule has 0 aromatic rings. The van der Waals surface area contributed by atoms with Crippen molar-refractivity contribution in [1.82, 2.24) is 5.32 Å². The number of nitrogens with two attached hydrogens (primary N) is 1. The summed E-state index contributed by atoms with van der Waals surface area (Å²) in [4.78, 5) is 11.1. The molecule has 3 rings (SSSR count). The molecule has 0 aromatic heterocycles. The van der Waals surface area contributed by atoms with Crippen molar-refractivity contribution < 1.29 is 4.79 Å². The average molecular weight is 222 g/mol. The van der Waals surface area contributed by atoms with Gasteiger partial charge in [0.25, 0.3) is 0 Å². The summed E-state index contributed by atoms with van der Waals surface area (Å²) >= 11 is 0. The Labute approximate surface area is 97.2 Å². The van der Waals surface area contributed by atoms with Gasteiger partial charge >= 0.3 is 0 Å². The van der Waals surface area contributed by atoms with Gasteiger partial charge in [0.1, 0.15) is 0 Å². The number of amides is 1. The molecule has 90 valence electrons. The molecule has 6 atom stereocenters. The zero-order valence-electron chi connectivity index (χ0n) is 9.99. The normalized spacial score (nSPS) is 46.9. The number of nitrogens with one attached hydrogen (secondary N) is 1. The smallest absolute Gasteiger partial charge is 0.234 e. The summed E-state index contributed by atoms with van der Waals surface area (Å²) in [6.45, 7) is 1.89. The predicted octanol–water partition coefficient (Wildman–Crippen LogP) is 1.27. The molecule has 3 aliphatic rings. The van der Waals surface area contributed by atoms with Gasteiger partial charge in [-0.15, -0.1) is 0 Å². The lowest BCUT2D eigenvalue weighted by Crippen LogP contribution is -2.48. The first kappa shape index (κ1) is 10.6. The lowest BCUT2D eigenvalue weighted by molar-refractivity contribution is -0.119. The van der Waals surface area contributed by atoms with Crippen LogP contribution >= 0.6 is 0 Å². The van der Waals surface area contributed by atoms with E-state index in [9.17, 15) is 4.79 Å². The van der Waals surface area contributed by atoms with Crippen LogP contribution in [0.1, 0.15) is 39.0 Å². The molecule has 0 heterocycles. The molecule has 0 aliphatic heterocycles. The molecule has 3 nitrogen and oxygen atoms in total. The fourth-order valence-electron chi connectivity index (χ4n) is 4.66. The fraction of sp³-hybridized carbons (Fsp3) is 0.923. The summed E-state index contributed by atoms with van der Waals surface area (Å²) in [6.07, 6.45) is 7.00. The standard InChI is InChI=1S/C13H22N2O/c1-7(13(14)16)15-12-6-8-5-11(12)10-4-2-3-9(8)10/h7-12,15H,2-6H2,1H3,(H2,14,16). The first-order valence-corrected chi connectivity index (χ1v) is 6.72. The van der Waals surface area contributed by atoms with E-state index in [0.717, 1.165) is 23.7 Å². The monoisotopic (exact) mass is 222 g/mol. The van der Waals surface area contributed by atoms with Crippen molar-refractivity contribution >= 4 is 5.91 Å². The Morgan fingerprint density at radius 1 is 1.25 bits per heavy atom. The molecule has 3 saturated carbocycles. The van der Waals surface area contributed by atoms with E-state index in [-0.39, 0.29) is 11.9 Å². The molecule has 3 fully saturated rings. The molecule has 3 aliphatic carbocycles. The number of primary amides is 1. The highest BCUT2D eigenvalue weighted by Gasteiger charge is 2.53. The third kappa shape index (κ3) is 1.48. The highest BCUT2D eigenvalue weighted by Crippen LogP contribution is 2.58. The largest absolute Gasteiger partial charge is 0.368 e. The van der Waals surface area contributed by atoms with Crippen LogP contribution in [0.4, 0.5) is 0 Å². The summed E-state index contributed by atoms with van der Waals surface area (Å²) in [5.74, 6) is 3.53. The van der Waals surface area contributed by atoms with Gasteiger partial charge in [-0.25, -0.2) is 0 Å². The third-order valence-corrected chi connectivity index (χ3v) is 5.32. The molecule has 1 amide bonds. The molecule has 6 unspecified atom stereocenters. The van der Waals surface area contributed by atoms with Crippen molar-refractivity contribution in [3.63, 3.8) is 0 Å². The Morgan fingerprint density at radius 3 is 2.75 bits per heavy atom. The van der Waals surface area contributed by atoms with Gasteiger partial charge in [0.05, 0.1) is 6.04 Å². The minimum absolute atomic E-state index is 0.163. The second-order valence-electron chi connectivity index (χ2n) is 6.05. The van der Waals surface area contributed by atoms with Crippen molar-refractivity contribution in [2.45, 2.75) is 51.1 Å². The van der Waals surface area contributed by atoms with Gasteiger partial charge in [-0.1, -0.05) is 6.42 Å². The Morgan fingerprint density at radius 2 is 2.00 bits per heavy atom. The summed E-state index contributed by atoms with van der Waals surface area (Å²) in [7, 11) is 0. The van der Waals surface area contributed by atoms with Gasteiger partial charge in [-0.2, -0.15) is 0 Å². The lowest BCUT2D eigenvalue weighted by Gasteiger charge is -2.33. The van der Waals surface area contributed by atoms with E-state index in [1.807, 2.05) is 6.92 Å². The summed E-state index contributed by atoms with van der Waals surface area (Å²) in [5, 5.41) is 3.45. The van der Waals surface area contributed by atoms with Crippen LogP contribution < -0.4 is 11.1 Å². The quantitative estimate of drug-likeness (QED) is 0.755. The lowest BCUT2D eigenvalue weighted by atomic mass is 9.79. The SMILES string of the molecule is CC(NC1CC2CC1C1CCCC21)C(N)=O. The minimum Gasteiger partial charge on any atom is -0.368 e. The van der Waals surface area contributed by atoms with Gasteiger partial charge < -0.3 is 11.1 Å². The first-order chi connectivity index (χ1) is 7.66. The van der Waals surface area contributed by atoms with Crippen LogP contribution in [0, 0.1) is 23.7 Å². The Bertz CT molecular complexity index is 304. The van der Waals surface area contributed by atoms with Crippen LogP contribution in [0.5, 0.6) is 0 Å². The maximum Gasteiger partial charge on any atom is 0.234 e. The third-order valence-electron chi connectivity index (χ3n) is 5.32. The van der Waals surface area contributed by atoms with Crippen molar-refractivity contribution in [2.75, 3.05) is 0 Å². The Kier molecular flexibility index (Phi) is 2.46.